The third-order valence-corrected chi connectivity index (χ3v) is 6.00. The standard InChI is InChI=1S/C29H28N2/c1-21(2)18-22-14-16-28-26(19-22)27-20-25(30(3)23-10-6-4-7-11-23)15-17-29(27)31(28)24-12-8-5-9-13-24/h4-17,19-21H,18H2,1-3H3. The zero-order chi connectivity index (χ0) is 21.4. The third-order valence-electron chi connectivity index (χ3n) is 6.00. The van der Waals surface area contributed by atoms with Gasteiger partial charge in [-0.1, -0.05) is 56.3 Å². The number of benzene rings is 4. The Balaban J connectivity index is 1.75. The summed E-state index contributed by atoms with van der Waals surface area (Å²) < 4.78 is 2.39. The first-order chi connectivity index (χ1) is 15.1. The van der Waals surface area contributed by atoms with Crippen LogP contribution in [0.25, 0.3) is 27.5 Å². The minimum absolute atomic E-state index is 0.639. The fourth-order valence-electron chi connectivity index (χ4n) is 4.52. The molecule has 2 heteroatoms. The van der Waals surface area contributed by atoms with E-state index in [2.05, 4.69) is 127 Å². The van der Waals surface area contributed by atoms with Crippen LogP contribution in [0.15, 0.2) is 97.1 Å². The zero-order valence-corrected chi connectivity index (χ0v) is 18.4. The van der Waals surface area contributed by atoms with E-state index in [4.69, 9.17) is 0 Å². The number of fused-ring (bicyclic) bond motifs is 3. The lowest BCUT2D eigenvalue weighted by atomic mass is 10.0. The van der Waals surface area contributed by atoms with Crippen molar-refractivity contribution in [1.82, 2.24) is 4.57 Å². The molecule has 0 aliphatic carbocycles. The molecule has 0 saturated heterocycles. The molecule has 0 N–H and O–H groups in total. The van der Waals surface area contributed by atoms with E-state index in [0.717, 1.165) is 6.42 Å². The Morgan fingerprint density at radius 3 is 1.97 bits per heavy atom. The molecule has 5 rings (SSSR count). The average Bonchev–Trinajstić information content (AvgIpc) is 3.12. The Hall–Kier alpha value is -3.52. The quantitative estimate of drug-likeness (QED) is 0.291. The molecular weight excluding hydrogens is 376 g/mol. The Bertz CT molecular complexity index is 1330. The maximum absolute atomic E-state index is 2.39. The van der Waals surface area contributed by atoms with E-state index in [9.17, 15) is 0 Å². The van der Waals surface area contributed by atoms with Crippen molar-refractivity contribution < 1.29 is 0 Å². The van der Waals surface area contributed by atoms with Gasteiger partial charge in [-0.05, 0) is 72.5 Å². The van der Waals surface area contributed by atoms with Gasteiger partial charge < -0.3 is 9.47 Å². The molecule has 0 fully saturated rings. The van der Waals surface area contributed by atoms with Gasteiger partial charge in [0.25, 0.3) is 0 Å². The van der Waals surface area contributed by atoms with Crippen molar-refractivity contribution in [3.8, 4) is 5.69 Å². The molecule has 2 nitrogen and oxygen atoms in total. The Kier molecular flexibility index (Phi) is 4.99. The fourth-order valence-corrected chi connectivity index (χ4v) is 4.52. The minimum atomic E-state index is 0.639. The first kappa shape index (κ1) is 19.4. The van der Waals surface area contributed by atoms with Gasteiger partial charge in [-0.2, -0.15) is 0 Å². The predicted octanol–water partition coefficient (Wildman–Crippen LogP) is 7.75. The molecule has 0 amide bonds. The van der Waals surface area contributed by atoms with Gasteiger partial charge in [0.15, 0.2) is 0 Å². The summed E-state index contributed by atoms with van der Waals surface area (Å²) in [6, 6.07) is 35.0. The minimum Gasteiger partial charge on any atom is -0.345 e. The zero-order valence-electron chi connectivity index (χ0n) is 18.4. The molecule has 1 heterocycles. The van der Waals surface area contributed by atoms with Gasteiger partial charge in [0, 0.05) is 34.9 Å². The van der Waals surface area contributed by atoms with Crippen molar-refractivity contribution in [3.05, 3.63) is 103 Å². The summed E-state index contributed by atoms with van der Waals surface area (Å²) in [4.78, 5) is 2.25. The van der Waals surface area contributed by atoms with Crippen molar-refractivity contribution in [1.29, 1.82) is 0 Å². The van der Waals surface area contributed by atoms with Crippen LogP contribution in [-0.2, 0) is 6.42 Å². The highest BCUT2D eigenvalue weighted by Gasteiger charge is 2.15. The Labute approximate surface area is 184 Å². The van der Waals surface area contributed by atoms with E-state index >= 15 is 0 Å². The van der Waals surface area contributed by atoms with Crippen LogP contribution in [0.3, 0.4) is 0 Å². The summed E-state index contributed by atoms with van der Waals surface area (Å²) in [5.41, 5.74) is 7.48. The van der Waals surface area contributed by atoms with E-state index in [1.807, 2.05) is 0 Å². The van der Waals surface area contributed by atoms with Crippen molar-refractivity contribution in [3.63, 3.8) is 0 Å². The van der Waals surface area contributed by atoms with E-state index in [1.165, 1.54) is 44.4 Å². The van der Waals surface area contributed by atoms with E-state index in [0.29, 0.717) is 5.92 Å². The number of anilines is 2. The number of nitrogens with zero attached hydrogens (tertiary/aromatic N) is 2. The number of rotatable bonds is 5. The first-order valence-electron chi connectivity index (χ1n) is 11.0. The molecule has 0 unspecified atom stereocenters. The summed E-state index contributed by atoms with van der Waals surface area (Å²) in [5, 5.41) is 2.62. The molecule has 154 valence electrons. The van der Waals surface area contributed by atoms with Gasteiger partial charge in [-0.25, -0.2) is 0 Å². The van der Waals surface area contributed by atoms with Crippen LogP contribution in [0.5, 0.6) is 0 Å². The summed E-state index contributed by atoms with van der Waals surface area (Å²) in [6.07, 6.45) is 1.09. The molecule has 0 bridgehead atoms. The van der Waals surface area contributed by atoms with Crippen LogP contribution in [0.4, 0.5) is 11.4 Å². The molecule has 1 aromatic heterocycles. The molecule has 0 atom stereocenters. The maximum atomic E-state index is 2.39. The van der Waals surface area contributed by atoms with Crippen molar-refractivity contribution >= 4 is 33.2 Å². The molecule has 0 aliphatic heterocycles. The lowest BCUT2D eigenvalue weighted by Gasteiger charge is -2.19. The Morgan fingerprint density at radius 1 is 0.677 bits per heavy atom. The first-order valence-corrected chi connectivity index (χ1v) is 11.0. The number of hydrogen-bond acceptors (Lipinski definition) is 1. The van der Waals surface area contributed by atoms with Crippen LogP contribution >= 0.6 is 0 Å². The number of hydrogen-bond donors (Lipinski definition) is 0. The van der Waals surface area contributed by atoms with Gasteiger partial charge >= 0.3 is 0 Å². The summed E-state index contributed by atoms with van der Waals surface area (Å²) in [5.74, 6) is 0.639. The summed E-state index contributed by atoms with van der Waals surface area (Å²) in [6.45, 7) is 4.56. The van der Waals surface area contributed by atoms with Crippen LogP contribution in [0.1, 0.15) is 19.4 Å². The van der Waals surface area contributed by atoms with Crippen LogP contribution < -0.4 is 4.90 Å². The van der Waals surface area contributed by atoms with Gasteiger partial charge in [0.2, 0.25) is 0 Å². The maximum Gasteiger partial charge on any atom is 0.0542 e. The van der Waals surface area contributed by atoms with Gasteiger partial charge in [-0.15, -0.1) is 0 Å². The molecule has 0 spiro atoms. The highest BCUT2D eigenvalue weighted by atomic mass is 15.1. The van der Waals surface area contributed by atoms with Gasteiger partial charge in [0.1, 0.15) is 0 Å². The topological polar surface area (TPSA) is 8.17 Å². The van der Waals surface area contributed by atoms with Crippen LogP contribution in [0, 0.1) is 5.92 Å². The molecule has 0 aliphatic rings. The van der Waals surface area contributed by atoms with E-state index in [-0.39, 0.29) is 0 Å². The monoisotopic (exact) mass is 404 g/mol. The third kappa shape index (κ3) is 3.59. The highest BCUT2D eigenvalue weighted by molar-refractivity contribution is 6.10. The summed E-state index contributed by atoms with van der Waals surface area (Å²) >= 11 is 0. The molecule has 31 heavy (non-hydrogen) atoms. The SMILES string of the molecule is CC(C)Cc1ccc2c(c1)c1cc(N(C)c3ccccc3)ccc1n2-c1ccccc1. The molecule has 5 aromatic rings. The largest absolute Gasteiger partial charge is 0.345 e. The van der Waals surface area contributed by atoms with Crippen molar-refractivity contribution in [2.45, 2.75) is 20.3 Å². The van der Waals surface area contributed by atoms with E-state index in [1.54, 1.807) is 0 Å². The van der Waals surface area contributed by atoms with Gasteiger partial charge in [-0.3, -0.25) is 0 Å². The van der Waals surface area contributed by atoms with Crippen LogP contribution in [-0.4, -0.2) is 11.6 Å². The molecule has 4 aromatic carbocycles. The highest BCUT2D eigenvalue weighted by Crippen LogP contribution is 2.36. The molecular formula is C29H28N2. The second-order valence-electron chi connectivity index (χ2n) is 8.72. The average molecular weight is 405 g/mol. The van der Waals surface area contributed by atoms with Crippen molar-refractivity contribution in [2.75, 3.05) is 11.9 Å². The second kappa shape index (κ2) is 7.96. The van der Waals surface area contributed by atoms with Crippen molar-refractivity contribution in [2.24, 2.45) is 5.92 Å². The van der Waals surface area contributed by atoms with Gasteiger partial charge in [0.05, 0.1) is 11.0 Å². The lowest BCUT2D eigenvalue weighted by molar-refractivity contribution is 0.648. The number of aromatic nitrogens is 1. The Morgan fingerprint density at radius 2 is 1.29 bits per heavy atom. The predicted molar refractivity (Wildman–Crippen MR) is 134 cm³/mol. The normalized spacial score (nSPS) is 11.5. The summed E-state index contributed by atoms with van der Waals surface area (Å²) in [7, 11) is 2.14. The number of para-hydroxylation sites is 2. The fraction of sp³-hybridized carbons (Fsp3) is 0.172. The smallest absolute Gasteiger partial charge is 0.0542 e. The molecule has 0 radical (unpaired) electrons. The van der Waals surface area contributed by atoms with E-state index < -0.39 is 0 Å². The second-order valence-corrected chi connectivity index (χ2v) is 8.72. The lowest BCUT2D eigenvalue weighted by Crippen LogP contribution is -2.08. The van der Waals surface area contributed by atoms with Crippen LogP contribution in [0.2, 0.25) is 0 Å². The molecule has 0 saturated carbocycles.